The molecule has 1 aromatic heterocycles. The number of hydrogen-bond acceptors (Lipinski definition) is 2. The molecule has 110 valence electrons. The molecule has 1 heterocycles. The highest BCUT2D eigenvalue weighted by molar-refractivity contribution is 5.88. The molecule has 0 aromatic carbocycles. The van der Waals surface area contributed by atoms with Crippen LogP contribution in [-0.4, -0.2) is 22.4 Å². The molecular weight excluding hydrogens is 252 g/mol. The van der Waals surface area contributed by atoms with Crippen molar-refractivity contribution in [1.82, 2.24) is 15.1 Å². The Morgan fingerprint density at radius 2 is 2.30 bits per heavy atom. The highest BCUT2D eigenvalue weighted by Gasteiger charge is 2.07. The summed E-state index contributed by atoms with van der Waals surface area (Å²) in [6.07, 6.45) is 10.1. The molecule has 2 amide bonds. The van der Waals surface area contributed by atoms with Crippen LogP contribution in [0.1, 0.15) is 52.0 Å². The quantitative estimate of drug-likeness (QED) is 0.809. The zero-order valence-corrected chi connectivity index (χ0v) is 12.4. The molecule has 5 heteroatoms. The molecule has 0 bridgehead atoms. The molecule has 0 fully saturated rings. The van der Waals surface area contributed by atoms with Gasteiger partial charge in [0.25, 0.3) is 0 Å². The van der Waals surface area contributed by atoms with Gasteiger partial charge in [0, 0.05) is 24.8 Å². The van der Waals surface area contributed by atoms with Crippen LogP contribution in [0.3, 0.4) is 0 Å². The molecule has 0 unspecified atom stereocenters. The number of carbonyl (C=O) groups is 1. The average Bonchev–Trinajstić information content (AvgIpc) is 2.88. The second kappa shape index (κ2) is 7.12. The molecule has 0 saturated carbocycles. The first-order chi connectivity index (χ1) is 9.65. The summed E-state index contributed by atoms with van der Waals surface area (Å²) in [7, 11) is 0. The van der Waals surface area contributed by atoms with Crippen molar-refractivity contribution >= 4 is 11.8 Å². The van der Waals surface area contributed by atoms with E-state index in [4.69, 9.17) is 0 Å². The Hall–Kier alpha value is -1.78. The van der Waals surface area contributed by atoms with Crippen molar-refractivity contribution in [2.75, 3.05) is 11.9 Å². The predicted octanol–water partition coefficient (Wildman–Crippen LogP) is 3.48. The number of carbonyl (C=O) groups excluding carboxylic acids is 1. The van der Waals surface area contributed by atoms with E-state index in [1.165, 1.54) is 31.3 Å². The van der Waals surface area contributed by atoms with Crippen molar-refractivity contribution in [2.45, 2.75) is 52.0 Å². The highest BCUT2D eigenvalue weighted by atomic mass is 16.2. The van der Waals surface area contributed by atoms with Crippen LogP contribution in [0.2, 0.25) is 0 Å². The van der Waals surface area contributed by atoms with Crippen molar-refractivity contribution < 1.29 is 4.79 Å². The first-order valence-electron chi connectivity index (χ1n) is 7.43. The lowest BCUT2D eigenvalue weighted by Gasteiger charge is -2.13. The van der Waals surface area contributed by atoms with Crippen molar-refractivity contribution in [1.29, 1.82) is 0 Å². The summed E-state index contributed by atoms with van der Waals surface area (Å²) in [4.78, 5) is 11.7. The number of rotatable bonds is 5. The fourth-order valence-corrected chi connectivity index (χ4v) is 2.32. The predicted molar refractivity (Wildman–Crippen MR) is 80.8 cm³/mol. The number of anilines is 1. The standard InChI is InChI=1S/C15H24N4O/c1-12(2)19-11-9-14(18-19)17-15(20)16-10-8-13-6-4-3-5-7-13/h6,9,11-12H,3-5,7-8,10H2,1-2H3,(H2,16,17,18,20). The third-order valence-electron chi connectivity index (χ3n) is 3.50. The van der Waals surface area contributed by atoms with Gasteiger partial charge in [-0.3, -0.25) is 10.00 Å². The minimum absolute atomic E-state index is 0.185. The first-order valence-corrected chi connectivity index (χ1v) is 7.43. The number of urea groups is 1. The molecule has 1 aliphatic carbocycles. The second-order valence-electron chi connectivity index (χ2n) is 5.51. The third kappa shape index (κ3) is 4.40. The van der Waals surface area contributed by atoms with E-state index in [9.17, 15) is 4.79 Å². The van der Waals surface area contributed by atoms with Crippen LogP contribution < -0.4 is 10.6 Å². The van der Waals surface area contributed by atoms with E-state index in [-0.39, 0.29) is 6.03 Å². The lowest BCUT2D eigenvalue weighted by atomic mass is 9.97. The summed E-state index contributed by atoms with van der Waals surface area (Å²) in [5.74, 6) is 0.591. The van der Waals surface area contributed by atoms with Crippen LogP contribution in [0.5, 0.6) is 0 Å². The molecule has 0 spiro atoms. The van der Waals surface area contributed by atoms with Gasteiger partial charge in [0.2, 0.25) is 0 Å². The number of hydrogen-bond donors (Lipinski definition) is 2. The molecule has 2 rings (SSSR count). The number of aromatic nitrogens is 2. The van der Waals surface area contributed by atoms with Gasteiger partial charge in [0.05, 0.1) is 0 Å². The lowest BCUT2D eigenvalue weighted by molar-refractivity contribution is 0.252. The Kier molecular flexibility index (Phi) is 5.21. The van der Waals surface area contributed by atoms with Crippen LogP contribution >= 0.6 is 0 Å². The topological polar surface area (TPSA) is 59.0 Å². The van der Waals surface area contributed by atoms with Gasteiger partial charge in [-0.15, -0.1) is 0 Å². The molecule has 2 N–H and O–H groups in total. The van der Waals surface area contributed by atoms with E-state index < -0.39 is 0 Å². The highest BCUT2D eigenvalue weighted by Crippen LogP contribution is 2.19. The molecule has 5 nitrogen and oxygen atoms in total. The normalized spacial score (nSPS) is 15.1. The van der Waals surface area contributed by atoms with Gasteiger partial charge in [0.15, 0.2) is 5.82 Å². The lowest BCUT2D eigenvalue weighted by Crippen LogP contribution is -2.30. The Morgan fingerprint density at radius 1 is 1.45 bits per heavy atom. The van der Waals surface area contributed by atoms with E-state index >= 15 is 0 Å². The Labute approximate surface area is 120 Å². The summed E-state index contributed by atoms with van der Waals surface area (Å²) in [6.45, 7) is 4.78. The Morgan fingerprint density at radius 3 is 2.95 bits per heavy atom. The van der Waals surface area contributed by atoms with Gasteiger partial charge in [-0.05, 0) is 46.0 Å². The van der Waals surface area contributed by atoms with Crippen LogP contribution in [0, 0.1) is 0 Å². The smallest absolute Gasteiger partial charge is 0.320 e. The molecular formula is C15H24N4O. The molecule has 1 aliphatic rings. The molecule has 1 aromatic rings. The monoisotopic (exact) mass is 276 g/mol. The largest absolute Gasteiger partial charge is 0.338 e. The molecule has 20 heavy (non-hydrogen) atoms. The van der Waals surface area contributed by atoms with Crippen molar-refractivity contribution in [3.63, 3.8) is 0 Å². The van der Waals surface area contributed by atoms with Gasteiger partial charge in [-0.2, -0.15) is 5.10 Å². The van der Waals surface area contributed by atoms with E-state index in [1.807, 2.05) is 16.9 Å². The Balaban J connectivity index is 1.70. The second-order valence-corrected chi connectivity index (χ2v) is 5.51. The van der Waals surface area contributed by atoms with Gasteiger partial charge < -0.3 is 5.32 Å². The number of nitrogens with zero attached hydrogens (tertiary/aromatic N) is 2. The molecule has 0 aliphatic heterocycles. The molecule has 0 saturated heterocycles. The van der Waals surface area contributed by atoms with Crippen molar-refractivity contribution in [3.05, 3.63) is 23.9 Å². The minimum atomic E-state index is -0.185. The first kappa shape index (κ1) is 14.6. The van der Waals surface area contributed by atoms with Gasteiger partial charge in [-0.1, -0.05) is 11.6 Å². The maximum atomic E-state index is 11.7. The summed E-state index contributed by atoms with van der Waals surface area (Å²) in [5.41, 5.74) is 1.47. The fraction of sp³-hybridized carbons (Fsp3) is 0.600. The zero-order chi connectivity index (χ0) is 14.4. The van der Waals surface area contributed by atoms with Crippen molar-refractivity contribution in [2.24, 2.45) is 0 Å². The summed E-state index contributed by atoms with van der Waals surface area (Å²) >= 11 is 0. The fourth-order valence-electron chi connectivity index (χ4n) is 2.32. The molecule has 0 radical (unpaired) electrons. The van der Waals surface area contributed by atoms with E-state index in [2.05, 4.69) is 35.7 Å². The minimum Gasteiger partial charge on any atom is -0.338 e. The summed E-state index contributed by atoms with van der Waals surface area (Å²) < 4.78 is 1.82. The SMILES string of the molecule is CC(C)n1ccc(NC(=O)NCCC2=CCCCC2)n1. The number of allylic oxidation sites excluding steroid dienone is 1. The molecule has 0 atom stereocenters. The van der Waals surface area contributed by atoms with Crippen LogP contribution in [-0.2, 0) is 0 Å². The van der Waals surface area contributed by atoms with Crippen molar-refractivity contribution in [3.8, 4) is 0 Å². The van der Waals surface area contributed by atoms with Gasteiger partial charge in [-0.25, -0.2) is 4.79 Å². The van der Waals surface area contributed by atoms with E-state index in [0.717, 1.165) is 6.42 Å². The number of amides is 2. The van der Waals surface area contributed by atoms with Gasteiger partial charge >= 0.3 is 6.03 Å². The summed E-state index contributed by atoms with van der Waals surface area (Å²) in [5, 5.41) is 9.91. The Bertz CT molecular complexity index is 476. The maximum Gasteiger partial charge on any atom is 0.320 e. The van der Waals surface area contributed by atoms with Crippen LogP contribution in [0.4, 0.5) is 10.6 Å². The third-order valence-corrected chi connectivity index (χ3v) is 3.50. The average molecular weight is 276 g/mol. The maximum absolute atomic E-state index is 11.7. The number of nitrogens with one attached hydrogen (secondary N) is 2. The van der Waals surface area contributed by atoms with Crippen LogP contribution in [0.15, 0.2) is 23.9 Å². The van der Waals surface area contributed by atoms with Crippen LogP contribution in [0.25, 0.3) is 0 Å². The van der Waals surface area contributed by atoms with E-state index in [1.54, 1.807) is 0 Å². The van der Waals surface area contributed by atoms with Gasteiger partial charge in [0.1, 0.15) is 0 Å². The van der Waals surface area contributed by atoms with E-state index in [0.29, 0.717) is 18.4 Å². The summed E-state index contributed by atoms with van der Waals surface area (Å²) in [6, 6.07) is 1.92. The zero-order valence-electron chi connectivity index (χ0n) is 12.4.